The number of methoxy groups -OCH3 is 1. The van der Waals surface area contributed by atoms with E-state index >= 15 is 0 Å². The lowest BCUT2D eigenvalue weighted by Crippen LogP contribution is -2.43. The average molecular weight is 426 g/mol. The Hall–Kier alpha value is -3.47. The molecule has 1 heterocycles. The highest BCUT2D eigenvalue weighted by molar-refractivity contribution is 7.12. The summed E-state index contributed by atoms with van der Waals surface area (Å²) in [6.07, 6.45) is 2.38. The van der Waals surface area contributed by atoms with Crippen molar-refractivity contribution in [1.82, 2.24) is 10.9 Å². The van der Waals surface area contributed by atoms with Crippen molar-refractivity contribution in [3.63, 3.8) is 0 Å². The van der Waals surface area contributed by atoms with Crippen molar-refractivity contribution < 1.29 is 37.4 Å². The Morgan fingerprint density at radius 2 is 1.97 bits per heavy atom. The van der Waals surface area contributed by atoms with Gasteiger partial charge in [0.05, 0.1) is 12.0 Å². The molecule has 2 amide bonds. The van der Waals surface area contributed by atoms with E-state index in [2.05, 4.69) is 15.6 Å². The predicted molar refractivity (Wildman–Crippen MR) is 99.5 cm³/mol. The number of halogens is 2. The number of nitrogens with one attached hydrogen (secondary N) is 2. The Morgan fingerprint density at radius 1 is 1.17 bits per heavy atom. The van der Waals surface area contributed by atoms with Crippen molar-refractivity contribution in [3.05, 3.63) is 52.2 Å². The summed E-state index contributed by atoms with van der Waals surface area (Å²) in [4.78, 5) is 35.3. The maximum absolute atomic E-state index is 12.3. The van der Waals surface area contributed by atoms with Crippen LogP contribution in [-0.4, -0.2) is 38.1 Å². The van der Waals surface area contributed by atoms with E-state index in [1.807, 2.05) is 0 Å². The Labute approximate surface area is 168 Å². The van der Waals surface area contributed by atoms with Crippen molar-refractivity contribution in [1.29, 1.82) is 0 Å². The van der Waals surface area contributed by atoms with Gasteiger partial charge in [-0.2, -0.15) is 8.78 Å². The second-order valence-electron chi connectivity index (χ2n) is 5.21. The molecule has 0 aliphatic heterocycles. The Balaban J connectivity index is 1.80. The molecule has 0 bridgehead atoms. The van der Waals surface area contributed by atoms with Gasteiger partial charge in [0.1, 0.15) is 0 Å². The molecule has 2 aromatic rings. The van der Waals surface area contributed by atoms with Crippen LogP contribution in [0.4, 0.5) is 8.78 Å². The minimum atomic E-state index is -3.00. The van der Waals surface area contributed by atoms with Crippen LogP contribution in [-0.2, 0) is 14.3 Å². The van der Waals surface area contributed by atoms with E-state index in [4.69, 9.17) is 9.47 Å². The molecule has 0 saturated carbocycles. The summed E-state index contributed by atoms with van der Waals surface area (Å²) in [6, 6.07) is 7.34. The number of benzene rings is 1. The predicted octanol–water partition coefficient (Wildman–Crippen LogP) is 2.38. The van der Waals surface area contributed by atoms with Gasteiger partial charge in [-0.3, -0.25) is 20.4 Å². The first-order chi connectivity index (χ1) is 13.9. The fraction of sp³-hybridized carbons (Fsp3) is 0.167. The molecule has 0 spiro atoms. The topological polar surface area (TPSA) is 103 Å². The second-order valence-corrected chi connectivity index (χ2v) is 6.16. The number of hydrazine groups is 1. The number of rotatable bonds is 8. The number of thiophene rings is 1. The van der Waals surface area contributed by atoms with E-state index in [1.54, 1.807) is 17.5 Å². The molecule has 2 N–H and O–H groups in total. The molecule has 11 heteroatoms. The maximum Gasteiger partial charge on any atom is 0.387 e. The first-order valence-corrected chi connectivity index (χ1v) is 8.87. The van der Waals surface area contributed by atoms with E-state index in [0.29, 0.717) is 10.4 Å². The van der Waals surface area contributed by atoms with Crippen molar-refractivity contribution in [2.75, 3.05) is 13.7 Å². The van der Waals surface area contributed by atoms with Gasteiger partial charge in [-0.15, -0.1) is 11.3 Å². The molecule has 1 aromatic carbocycles. The van der Waals surface area contributed by atoms with Crippen molar-refractivity contribution in [3.8, 4) is 11.5 Å². The van der Waals surface area contributed by atoms with Gasteiger partial charge in [-0.25, -0.2) is 4.79 Å². The number of hydrogen-bond donors (Lipinski definition) is 2. The molecule has 8 nitrogen and oxygen atoms in total. The van der Waals surface area contributed by atoms with Gasteiger partial charge in [0.15, 0.2) is 18.1 Å². The third-order valence-electron chi connectivity index (χ3n) is 3.22. The van der Waals surface area contributed by atoms with Crippen LogP contribution in [0.2, 0.25) is 0 Å². The lowest BCUT2D eigenvalue weighted by Gasteiger charge is -2.10. The summed E-state index contributed by atoms with van der Waals surface area (Å²) in [5.74, 6) is -2.14. The standard InChI is InChI=1S/C18H16F2N2O6S/c1-26-13-9-11(4-6-12(13)28-18(19)20)5-7-16(24)27-10-15(23)21-22-17(25)14-3-2-8-29-14/h2-9,18H,10H2,1H3,(H,21,23)(H,22,25). The van der Waals surface area contributed by atoms with E-state index in [0.717, 1.165) is 6.08 Å². The van der Waals surface area contributed by atoms with Crippen LogP contribution in [0, 0.1) is 0 Å². The molecule has 2 rings (SSSR count). The molecule has 0 atom stereocenters. The molecule has 0 radical (unpaired) electrons. The van der Waals surface area contributed by atoms with Gasteiger partial charge in [-0.1, -0.05) is 12.1 Å². The zero-order valence-electron chi connectivity index (χ0n) is 15.0. The van der Waals surface area contributed by atoms with E-state index < -0.39 is 31.0 Å². The number of carbonyl (C=O) groups is 3. The molecule has 0 aliphatic carbocycles. The minimum absolute atomic E-state index is 0.0571. The van der Waals surface area contributed by atoms with Crippen LogP contribution >= 0.6 is 11.3 Å². The quantitative estimate of drug-likeness (QED) is 0.382. The minimum Gasteiger partial charge on any atom is -0.493 e. The second kappa shape index (κ2) is 10.8. The van der Waals surface area contributed by atoms with Crippen molar-refractivity contribution >= 4 is 35.2 Å². The highest BCUT2D eigenvalue weighted by Gasteiger charge is 2.11. The molecule has 0 aliphatic rings. The first-order valence-electron chi connectivity index (χ1n) is 7.99. The van der Waals surface area contributed by atoms with Gasteiger partial charge >= 0.3 is 12.6 Å². The highest BCUT2D eigenvalue weighted by atomic mass is 32.1. The van der Waals surface area contributed by atoms with Gasteiger partial charge < -0.3 is 14.2 Å². The highest BCUT2D eigenvalue weighted by Crippen LogP contribution is 2.29. The van der Waals surface area contributed by atoms with E-state index in [-0.39, 0.29) is 11.5 Å². The summed E-state index contributed by atoms with van der Waals surface area (Å²) in [5, 5.41) is 1.71. The smallest absolute Gasteiger partial charge is 0.387 e. The fourth-order valence-electron chi connectivity index (χ4n) is 1.96. The molecule has 0 saturated heterocycles. The van der Waals surface area contributed by atoms with Crippen LogP contribution < -0.4 is 20.3 Å². The molecule has 0 unspecified atom stereocenters. The summed E-state index contributed by atoms with van der Waals surface area (Å²) < 4.78 is 38.6. The van der Waals surface area contributed by atoms with Crippen molar-refractivity contribution in [2.45, 2.75) is 6.61 Å². The number of ether oxygens (including phenoxy) is 3. The molecule has 0 fully saturated rings. The Bertz CT molecular complexity index is 886. The van der Waals surface area contributed by atoms with Gasteiger partial charge in [-0.05, 0) is 35.2 Å². The van der Waals surface area contributed by atoms with Crippen molar-refractivity contribution in [2.24, 2.45) is 0 Å². The van der Waals surface area contributed by atoms with Gasteiger partial charge in [0, 0.05) is 6.08 Å². The van der Waals surface area contributed by atoms with Crippen LogP contribution in [0.15, 0.2) is 41.8 Å². The van der Waals surface area contributed by atoms with Crippen LogP contribution in [0.5, 0.6) is 11.5 Å². The summed E-state index contributed by atoms with van der Waals surface area (Å²) in [6.45, 7) is -3.61. The lowest BCUT2D eigenvalue weighted by molar-refractivity contribution is -0.144. The van der Waals surface area contributed by atoms with Crippen LogP contribution in [0.3, 0.4) is 0 Å². The Kier molecular flexibility index (Phi) is 8.10. The fourth-order valence-corrected chi connectivity index (χ4v) is 2.58. The number of carbonyl (C=O) groups excluding carboxylic acids is 3. The number of alkyl halides is 2. The summed E-state index contributed by atoms with van der Waals surface area (Å²) in [5.41, 5.74) is 4.75. The summed E-state index contributed by atoms with van der Waals surface area (Å²) >= 11 is 1.20. The van der Waals surface area contributed by atoms with Gasteiger partial charge in [0.25, 0.3) is 11.8 Å². The van der Waals surface area contributed by atoms with Gasteiger partial charge in [0.2, 0.25) is 0 Å². The lowest BCUT2D eigenvalue weighted by atomic mass is 10.2. The third kappa shape index (κ3) is 7.22. The number of hydrogen-bond acceptors (Lipinski definition) is 7. The first kappa shape index (κ1) is 21.8. The zero-order valence-corrected chi connectivity index (χ0v) is 15.8. The average Bonchev–Trinajstić information content (AvgIpc) is 3.24. The normalized spacial score (nSPS) is 10.6. The number of amides is 2. The molecular weight excluding hydrogens is 410 g/mol. The summed E-state index contributed by atoms with van der Waals surface area (Å²) in [7, 11) is 1.28. The largest absolute Gasteiger partial charge is 0.493 e. The maximum atomic E-state index is 12.3. The van der Waals surface area contributed by atoms with E-state index in [9.17, 15) is 23.2 Å². The molecular formula is C18H16F2N2O6S. The SMILES string of the molecule is COc1cc(C=CC(=O)OCC(=O)NNC(=O)c2cccs2)ccc1OC(F)F. The third-order valence-corrected chi connectivity index (χ3v) is 4.09. The molecule has 1 aromatic heterocycles. The van der Waals surface area contributed by atoms with E-state index in [1.165, 1.54) is 42.7 Å². The number of esters is 1. The zero-order chi connectivity index (χ0) is 21.2. The Morgan fingerprint density at radius 3 is 2.62 bits per heavy atom. The molecule has 29 heavy (non-hydrogen) atoms. The van der Waals surface area contributed by atoms with Crippen LogP contribution in [0.25, 0.3) is 6.08 Å². The van der Waals surface area contributed by atoms with Crippen LogP contribution in [0.1, 0.15) is 15.2 Å². The monoisotopic (exact) mass is 426 g/mol. The molecule has 154 valence electrons.